The van der Waals surface area contributed by atoms with Crippen molar-refractivity contribution in [2.75, 3.05) is 25.0 Å². The summed E-state index contributed by atoms with van der Waals surface area (Å²) in [5.74, 6) is -1.66. The van der Waals surface area contributed by atoms with E-state index in [9.17, 15) is 28.8 Å². The van der Waals surface area contributed by atoms with Gasteiger partial charge in [0.1, 0.15) is 25.3 Å². The van der Waals surface area contributed by atoms with Crippen LogP contribution in [0.25, 0.3) is 11.1 Å². The van der Waals surface area contributed by atoms with E-state index in [0.717, 1.165) is 27.8 Å². The molecule has 5 rings (SSSR count). The first-order chi connectivity index (χ1) is 30.0. The second-order valence-corrected chi connectivity index (χ2v) is 15.4. The molecule has 15 nitrogen and oxygen atoms in total. The van der Waals surface area contributed by atoms with Crippen LogP contribution in [0.3, 0.4) is 0 Å². The van der Waals surface area contributed by atoms with Crippen molar-refractivity contribution in [2.24, 2.45) is 11.7 Å². The van der Waals surface area contributed by atoms with Crippen LogP contribution in [0.15, 0.2) is 103 Å². The Morgan fingerprint density at radius 1 is 0.629 bits per heavy atom. The summed E-state index contributed by atoms with van der Waals surface area (Å²) in [7, 11) is 0. The van der Waals surface area contributed by atoms with Crippen molar-refractivity contribution in [1.29, 1.82) is 0 Å². The van der Waals surface area contributed by atoms with Crippen LogP contribution in [0.5, 0.6) is 0 Å². The Kier molecular flexibility index (Phi) is 17.7. The lowest BCUT2D eigenvalue weighted by atomic mass is 9.98. The molecule has 0 fully saturated rings. The molecule has 0 saturated carbocycles. The van der Waals surface area contributed by atoms with Gasteiger partial charge in [-0.25, -0.2) is 14.4 Å². The normalized spacial score (nSPS) is 12.5. The third kappa shape index (κ3) is 14.4. The van der Waals surface area contributed by atoms with E-state index in [1.54, 1.807) is 38.1 Å². The maximum atomic E-state index is 13.6. The number of hydrogen-bond donors (Lipinski definition) is 7. The largest absolute Gasteiger partial charge is 0.449 e. The van der Waals surface area contributed by atoms with Crippen molar-refractivity contribution in [1.82, 2.24) is 26.6 Å². The van der Waals surface area contributed by atoms with Crippen LogP contribution >= 0.6 is 0 Å². The van der Waals surface area contributed by atoms with Gasteiger partial charge in [-0.1, -0.05) is 111 Å². The first-order valence-corrected chi connectivity index (χ1v) is 21.0. The molecule has 0 bridgehead atoms. The molecule has 1 aliphatic rings. The van der Waals surface area contributed by atoms with E-state index < -0.39 is 42.1 Å². The van der Waals surface area contributed by atoms with Crippen molar-refractivity contribution in [3.63, 3.8) is 0 Å². The van der Waals surface area contributed by atoms with E-state index in [0.29, 0.717) is 50.0 Å². The molecule has 1 aliphatic carbocycles. The van der Waals surface area contributed by atoms with E-state index in [2.05, 4.69) is 56.2 Å². The van der Waals surface area contributed by atoms with Crippen LogP contribution in [0, 0.1) is 5.92 Å². The summed E-state index contributed by atoms with van der Waals surface area (Å²) >= 11 is 0. The highest BCUT2D eigenvalue weighted by Gasteiger charge is 2.30. The molecule has 2 atom stereocenters. The van der Waals surface area contributed by atoms with Gasteiger partial charge < -0.3 is 47.1 Å². The highest BCUT2D eigenvalue weighted by atomic mass is 16.6. The number of urea groups is 1. The SMILES string of the molecule is CC(C)[C@H](NC(=O)CCCCCNC(=O)OCC1c2ccccc2-c2ccccc21)C(=O)N[C@@H](CCCNC(N)=O)C(=O)Nc1ccc(COC(=O)NCc2ccccc2)cc1. The predicted octanol–water partition coefficient (Wildman–Crippen LogP) is 6.22. The number of ether oxygens (including phenoxy) is 2. The Balaban J connectivity index is 1.02. The van der Waals surface area contributed by atoms with Crippen molar-refractivity contribution in [3.05, 3.63) is 125 Å². The highest BCUT2D eigenvalue weighted by molar-refractivity contribution is 5.98. The molecule has 4 aromatic rings. The summed E-state index contributed by atoms with van der Waals surface area (Å²) in [4.78, 5) is 76.0. The third-order valence-corrected chi connectivity index (χ3v) is 10.4. The summed E-state index contributed by atoms with van der Waals surface area (Å²) < 4.78 is 10.9. The number of unbranched alkanes of at least 4 members (excludes halogenated alkanes) is 2. The molecule has 62 heavy (non-hydrogen) atoms. The number of rotatable bonds is 22. The van der Waals surface area contributed by atoms with Gasteiger partial charge in [-0.3, -0.25) is 14.4 Å². The Morgan fingerprint density at radius 2 is 1.26 bits per heavy atom. The molecule has 4 aromatic carbocycles. The molecule has 0 saturated heterocycles. The van der Waals surface area contributed by atoms with Crippen molar-refractivity contribution >= 4 is 41.6 Å². The first kappa shape index (κ1) is 46.2. The molecule has 0 radical (unpaired) electrons. The van der Waals surface area contributed by atoms with Crippen LogP contribution in [0.4, 0.5) is 20.1 Å². The Labute approximate surface area is 362 Å². The van der Waals surface area contributed by atoms with Crippen molar-refractivity contribution < 1.29 is 38.2 Å². The lowest BCUT2D eigenvalue weighted by molar-refractivity contribution is -0.132. The quantitative estimate of drug-likeness (QED) is 0.0449. The number of alkyl carbamates (subject to hydrolysis) is 2. The average Bonchev–Trinajstić information content (AvgIpc) is 3.59. The van der Waals surface area contributed by atoms with Gasteiger partial charge in [0.05, 0.1) is 0 Å². The highest BCUT2D eigenvalue weighted by Crippen LogP contribution is 2.44. The number of amides is 7. The molecule has 7 amide bonds. The monoisotopic (exact) mass is 847 g/mol. The number of anilines is 1. The maximum Gasteiger partial charge on any atom is 0.407 e. The first-order valence-electron chi connectivity index (χ1n) is 21.0. The Bertz CT molecular complexity index is 2080. The van der Waals surface area contributed by atoms with Crippen LogP contribution in [-0.2, 0) is 37.0 Å². The number of primary amides is 1. The molecule has 0 aromatic heterocycles. The number of benzene rings is 4. The predicted molar refractivity (Wildman–Crippen MR) is 236 cm³/mol. The summed E-state index contributed by atoms with van der Waals surface area (Å²) in [6.45, 7) is 4.75. The maximum absolute atomic E-state index is 13.6. The van der Waals surface area contributed by atoms with Gasteiger partial charge in [-0.05, 0) is 77.1 Å². The number of hydrogen-bond acceptors (Lipinski definition) is 8. The lowest BCUT2D eigenvalue weighted by Crippen LogP contribution is -2.54. The molecule has 0 spiro atoms. The van der Waals surface area contributed by atoms with E-state index in [1.807, 2.05) is 54.6 Å². The van der Waals surface area contributed by atoms with Gasteiger partial charge in [-0.2, -0.15) is 0 Å². The van der Waals surface area contributed by atoms with Crippen molar-refractivity contribution in [2.45, 2.75) is 83.5 Å². The molecule has 0 unspecified atom stereocenters. The van der Waals surface area contributed by atoms with E-state index in [4.69, 9.17) is 15.2 Å². The smallest absolute Gasteiger partial charge is 0.407 e. The number of carbonyl (C=O) groups is 6. The minimum absolute atomic E-state index is 0.0174. The van der Waals surface area contributed by atoms with Gasteiger partial charge in [0.2, 0.25) is 17.7 Å². The molecule has 0 aliphatic heterocycles. The molecular weight excluding hydrogens is 791 g/mol. The third-order valence-electron chi connectivity index (χ3n) is 10.4. The number of nitrogens with one attached hydrogen (secondary N) is 6. The molecule has 0 heterocycles. The van der Waals surface area contributed by atoms with Gasteiger partial charge >= 0.3 is 18.2 Å². The number of nitrogens with two attached hydrogens (primary N) is 1. The minimum atomic E-state index is -1.00. The number of carbonyl (C=O) groups excluding carboxylic acids is 6. The van der Waals surface area contributed by atoms with Gasteiger partial charge in [0.25, 0.3) is 0 Å². The summed E-state index contributed by atoms with van der Waals surface area (Å²) in [5.41, 5.74) is 11.9. The van der Waals surface area contributed by atoms with Crippen LogP contribution in [0.1, 0.15) is 80.5 Å². The lowest BCUT2D eigenvalue weighted by Gasteiger charge is -2.25. The second-order valence-electron chi connectivity index (χ2n) is 15.4. The molecule has 8 N–H and O–H groups in total. The Hall–Kier alpha value is -6.90. The fraction of sp³-hybridized carbons (Fsp3) is 0.362. The van der Waals surface area contributed by atoms with Crippen LogP contribution in [-0.4, -0.2) is 67.7 Å². The summed E-state index contributed by atoms with van der Waals surface area (Å²) in [6, 6.07) is 29.8. The minimum Gasteiger partial charge on any atom is -0.449 e. The van der Waals surface area contributed by atoms with Gasteiger partial charge in [0.15, 0.2) is 0 Å². The topological polar surface area (TPSA) is 219 Å². The average molecular weight is 848 g/mol. The van der Waals surface area contributed by atoms with Crippen molar-refractivity contribution in [3.8, 4) is 11.1 Å². The standard InChI is InChI=1S/C47H57N7O8/c1-31(2)42(54-41(55)21-7-4-12-26-50-46(59)62-30-39-37-18-10-8-16-35(37)36-17-9-11-19-38(36)39)44(57)53-40(20-13-27-49-45(48)58)43(56)52-34-24-22-33(23-25-34)29-61-47(60)51-28-32-14-5-3-6-15-32/h3,5-6,8-11,14-19,22-25,31,39-40,42H,4,7,12-13,20-21,26-30H2,1-2H3,(H,50,59)(H,51,60)(H,52,56)(H,53,57)(H,54,55)(H3,48,49,58)/t40-,42-/m0/s1. The fourth-order valence-corrected chi connectivity index (χ4v) is 7.14. The zero-order chi connectivity index (χ0) is 44.3. The molecule has 15 heteroatoms. The van der Waals surface area contributed by atoms with E-state index >= 15 is 0 Å². The van der Waals surface area contributed by atoms with E-state index in [1.165, 1.54) is 0 Å². The Morgan fingerprint density at radius 3 is 1.92 bits per heavy atom. The summed E-state index contributed by atoms with van der Waals surface area (Å²) in [6.07, 6.45) is 1.45. The van der Waals surface area contributed by atoms with Crippen LogP contribution < -0.4 is 37.6 Å². The van der Waals surface area contributed by atoms with Gasteiger partial charge in [0, 0.05) is 37.7 Å². The van der Waals surface area contributed by atoms with E-state index in [-0.39, 0.29) is 50.3 Å². The van der Waals surface area contributed by atoms with Crippen LogP contribution in [0.2, 0.25) is 0 Å². The number of fused-ring (bicyclic) bond motifs is 3. The second kappa shape index (κ2) is 23.8. The zero-order valence-corrected chi connectivity index (χ0v) is 35.2. The summed E-state index contributed by atoms with van der Waals surface area (Å²) in [5, 5.41) is 16.4. The zero-order valence-electron chi connectivity index (χ0n) is 35.2. The molecular formula is C47H57N7O8. The molecule has 328 valence electrons. The van der Waals surface area contributed by atoms with Gasteiger partial charge in [-0.15, -0.1) is 0 Å². The fourth-order valence-electron chi connectivity index (χ4n) is 7.14.